The highest BCUT2D eigenvalue weighted by atomic mass is 35.5. The van der Waals surface area contributed by atoms with Crippen molar-refractivity contribution in [2.24, 2.45) is 0 Å². The number of hydrogen-bond donors (Lipinski definition) is 0. The van der Waals surface area contributed by atoms with Gasteiger partial charge in [0.1, 0.15) is 5.75 Å². The zero-order valence-electron chi connectivity index (χ0n) is 12.9. The summed E-state index contributed by atoms with van der Waals surface area (Å²) >= 11 is 6.32. The molecule has 0 fully saturated rings. The van der Waals surface area contributed by atoms with Crippen molar-refractivity contribution in [2.45, 2.75) is 19.3 Å². The number of hydrogen-bond acceptors (Lipinski definition) is 3. The molecular weight excluding hydrogens is 300 g/mol. The predicted octanol–water partition coefficient (Wildman–Crippen LogP) is 4.48. The largest absolute Gasteiger partial charge is 0.497 e. The lowest BCUT2D eigenvalue weighted by Gasteiger charge is -2.15. The van der Waals surface area contributed by atoms with Crippen molar-refractivity contribution in [2.75, 3.05) is 14.2 Å². The van der Waals surface area contributed by atoms with Crippen LogP contribution in [0, 0.1) is 0 Å². The van der Waals surface area contributed by atoms with E-state index in [4.69, 9.17) is 21.1 Å². The summed E-state index contributed by atoms with van der Waals surface area (Å²) in [5.74, 6) is 0.650. The van der Waals surface area contributed by atoms with E-state index in [2.05, 4.69) is 6.92 Å². The van der Waals surface area contributed by atoms with E-state index in [1.165, 1.54) is 7.11 Å². The molecule has 0 saturated carbocycles. The number of ether oxygens (including phenoxy) is 2. The third-order valence-electron chi connectivity index (χ3n) is 3.63. The van der Waals surface area contributed by atoms with Crippen LogP contribution in [-0.2, 0) is 11.2 Å². The lowest BCUT2D eigenvalue weighted by Crippen LogP contribution is -2.04. The molecule has 0 unspecified atom stereocenters. The third-order valence-corrected chi connectivity index (χ3v) is 3.96. The Morgan fingerprint density at radius 2 is 1.95 bits per heavy atom. The number of halogens is 1. The highest BCUT2D eigenvalue weighted by Gasteiger charge is 2.13. The van der Waals surface area contributed by atoms with Gasteiger partial charge in [0.05, 0.1) is 19.8 Å². The average Bonchev–Trinajstić information content (AvgIpc) is 2.53. The van der Waals surface area contributed by atoms with Crippen molar-refractivity contribution >= 4 is 17.6 Å². The number of benzene rings is 2. The molecular formula is C18H19ClO3. The highest BCUT2D eigenvalue weighted by Crippen LogP contribution is 2.30. The number of carbonyl (C=O) groups excluding carboxylic acids is 1. The Kier molecular flexibility index (Phi) is 5.45. The fourth-order valence-corrected chi connectivity index (χ4v) is 2.80. The summed E-state index contributed by atoms with van der Waals surface area (Å²) in [7, 11) is 3.00. The second-order valence-corrected chi connectivity index (χ2v) is 5.59. The minimum Gasteiger partial charge on any atom is -0.497 e. The normalized spacial score (nSPS) is 11.8. The lowest BCUT2D eigenvalue weighted by molar-refractivity contribution is 0.0600. The first kappa shape index (κ1) is 16.4. The Hall–Kier alpha value is -2.00. The summed E-state index contributed by atoms with van der Waals surface area (Å²) in [6, 6.07) is 13.2. The van der Waals surface area contributed by atoms with Crippen molar-refractivity contribution in [3.63, 3.8) is 0 Å². The zero-order chi connectivity index (χ0) is 16.1. The van der Waals surface area contributed by atoms with Crippen LogP contribution in [0.4, 0.5) is 0 Å². The van der Waals surface area contributed by atoms with E-state index in [-0.39, 0.29) is 11.9 Å². The van der Waals surface area contributed by atoms with Crippen molar-refractivity contribution < 1.29 is 14.3 Å². The second-order valence-electron chi connectivity index (χ2n) is 5.18. The van der Waals surface area contributed by atoms with Crippen molar-refractivity contribution in [3.8, 4) is 5.75 Å². The van der Waals surface area contributed by atoms with E-state index in [9.17, 15) is 4.79 Å². The van der Waals surface area contributed by atoms with Crippen molar-refractivity contribution in [1.29, 1.82) is 0 Å². The first-order valence-corrected chi connectivity index (χ1v) is 7.43. The van der Waals surface area contributed by atoms with Crippen LogP contribution in [0.3, 0.4) is 0 Å². The molecule has 0 radical (unpaired) electrons. The zero-order valence-corrected chi connectivity index (χ0v) is 13.7. The van der Waals surface area contributed by atoms with Crippen LogP contribution in [0.5, 0.6) is 5.75 Å². The summed E-state index contributed by atoms with van der Waals surface area (Å²) in [6.07, 6.45) is 0.789. The van der Waals surface area contributed by atoms with Gasteiger partial charge in [0.25, 0.3) is 0 Å². The number of rotatable bonds is 5. The molecule has 0 spiro atoms. The van der Waals surface area contributed by atoms with Crippen LogP contribution in [0.15, 0.2) is 42.5 Å². The molecule has 2 aromatic carbocycles. The molecule has 0 amide bonds. The molecule has 0 heterocycles. The van der Waals surface area contributed by atoms with Gasteiger partial charge in [0, 0.05) is 5.02 Å². The molecule has 0 saturated heterocycles. The van der Waals surface area contributed by atoms with Gasteiger partial charge in [0.15, 0.2) is 0 Å². The van der Waals surface area contributed by atoms with Gasteiger partial charge in [0.2, 0.25) is 0 Å². The molecule has 4 heteroatoms. The van der Waals surface area contributed by atoms with Gasteiger partial charge in [-0.15, -0.1) is 0 Å². The molecule has 116 valence electrons. The number of methoxy groups -OCH3 is 2. The monoisotopic (exact) mass is 318 g/mol. The maximum absolute atomic E-state index is 11.6. The minimum absolute atomic E-state index is 0.228. The summed E-state index contributed by atoms with van der Waals surface area (Å²) in [4.78, 5) is 11.6. The lowest BCUT2D eigenvalue weighted by atomic mass is 9.93. The van der Waals surface area contributed by atoms with E-state index in [1.54, 1.807) is 13.2 Å². The van der Waals surface area contributed by atoms with Gasteiger partial charge in [-0.2, -0.15) is 0 Å². The topological polar surface area (TPSA) is 35.5 Å². The Labute approximate surface area is 135 Å². The van der Waals surface area contributed by atoms with Gasteiger partial charge < -0.3 is 9.47 Å². The highest BCUT2D eigenvalue weighted by molar-refractivity contribution is 6.31. The Morgan fingerprint density at radius 1 is 1.18 bits per heavy atom. The maximum atomic E-state index is 11.6. The van der Waals surface area contributed by atoms with Gasteiger partial charge >= 0.3 is 5.97 Å². The van der Waals surface area contributed by atoms with Crippen molar-refractivity contribution in [1.82, 2.24) is 0 Å². The predicted molar refractivity (Wildman–Crippen MR) is 87.9 cm³/mol. The first-order chi connectivity index (χ1) is 10.5. The van der Waals surface area contributed by atoms with Crippen LogP contribution >= 0.6 is 11.6 Å². The molecule has 0 aliphatic rings. The van der Waals surface area contributed by atoms with E-state index < -0.39 is 0 Å². The Morgan fingerprint density at radius 3 is 2.59 bits per heavy atom. The van der Waals surface area contributed by atoms with Crippen LogP contribution in [0.2, 0.25) is 5.02 Å². The second kappa shape index (κ2) is 7.32. The van der Waals surface area contributed by atoms with Crippen LogP contribution in [0.25, 0.3) is 0 Å². The standard InChI is InChI=1S/C18H19ClO3/c1-12(16-8-7-15(21-2)11-17(16)19)9-13-5-4-6-14(10-13)18(20)22-3/h4-8,10-12H,9H2,1-3H3/t12-/m1/s1. The average molecular weight is 319 g/mol. The molecule has 2 aromatic rings. The summed E-state index contributed by atoms with van der Waals surface area (Å²) < 4.78 is 9.92. The van der Waals surface area contributed by atoms with Crippen molar-refractivity contribution in [3.05, 3.63) is 64.2 Å². The molecule has 0 bridgehead atoms. The maximum Gasteiger partial charge on any atom is 0.337 e. The van der Waals surface area contributed by atoms with E-state index in [1.807, 2.05) is 36.4 Å². The smallest absolute Gasteiger partial charge is 0.337 e. The minimum atomic E-state index is -0.322. The summed E-state index contributed by atoms with van der Waals surface area (Å²) in [5, 5.41) is 0.691. The van der Waals surface area contributed by atoms with Gasteiger partial charge in [-0.3, -0.25) is 0 Å². The molecule has 1 atom stereocenters. The van der Waals surface area contributed by atoms with Crippen LogP contribution in [0.1, 0.15) is 34.3 Å². The summed E-state index contributed by atoms with van der Waals surface area (Å²) in [5.41, 5.74) is 2.70. The van der Waals surface area contributed by atoms with E-state index in [0.717, 1.165) is 23.3 Å². The number of esters is 1. The Balaban J connectivity index is 2.18. The van der Waals surface area contributed by atoms with Crippen LogP contribution in [-0.4, -0.2) is 20.2 Å². The molecule has 0 aromatic heterocycles. The quantitative estimate of drug-likeness (QED) is 0.762. The van der Waals surface area contributed by atoms with Crippen LogP contribution < -0.4 is 4.74 Å². The third kappa shape index (κ3) is 3.80. The molecule has 2 rings (SSSR count). The van der Waals surface area contributed by atoms with E-state index >= 15 is 0 Å². The first-order valence-electron chi connectivity index (χ1n) is 7.06. The van der Waals surface area contributed by atoms with Gasteiger partial charge in [-0.05, 0) is 47.7 Å². The molecule has 0 N–H and O–H groups in total. The van der Waals surface area contributed by atoms with Gasteiger partial charge in [-0.25, -0.2) is 4.79 Å². The molecule has 0 aliphatic carbocycles. The fraction of sp³-hybridized carbons (Fsp3) is 0.278. The molecule has 0 aliphatic heterocycles. The molecule has 22 heavy (non-hydrogen) atoms. The summed E-state index contributed by atoms with van der Waals surface area (Å²) in [6.45, 7) is 2.11. The number of carbonyl (C=O) groups is 1. The van der Waals surface area contributed by atoms with Gasteiger partial charge in [-0.1, -0.05) is 36.7 Å². The van der Waals surface area contributed by atoms with E-state index in [0.29, 0.717) is 10.6 Å². The SMILES string of the molecule is COC(=O)c1cccc(C[C@@H](C)c2ccc(OC)cc2Cl)c1. The fourth-order valence-electron chi connectivity index (χ4n) is 2.44. The Bertz CT molecular complexity index is 667. The molecule has 3 nitrogen and oxygen atoms in total.